The lowest BCUT2D eigenvalue weighted by molar-refractivity contribution is -0.137. The fourth-order valence-corrected chi connectivity index (χ4v) is 5.44. The molecular weight excluding hydrogens is 524 g/mol. The van der Waals surface area contributed by atoms with E-state index in [2.05, 4.69) is 10.3 Å². The van der Waals surface area contributed by atoms with Gasteiger partial charge < -0.3 is 5.32 Å². The van der Waals surface area contributed by atoms with Gasteiger partial charge in [0, 0.05) is 12.4 Å². The van der Waals surface area contributed by atoms with Crippen LogP contribution >= 0.6 is 11.6 Å². The Balaban J connectivity index is 1.71. The number of amides is 3. The number of pyridine rings is 1. The molecule has 5 rings (SSSR count). The molecule has 4 aromatic rings. The van der Waals surface area contributed by atoms with Gasteiger partial charge in [-0.05, 0) is 60.5 Å². The lowest BCUT2D eigenvalue weighted by atomic mass is 9.72. The number of aromatic nitrogens is 1. The van der Waals surface area contributed by atoms with Crippen LogP contribution in [-0.2, 0) is 9.59 Å². The summed E-state index contributed by atoms with van der Waals surface area (Å²) in [4.78, 5) is 47.4. The summed E-state index contributed by atoms with van der Waals surface area (Å²) in [5.41, 5.74) is 0.311. The summed E-state index contributed by atoms with van der Waals surface area (Å²) >= 11 is 6.37. The third-order valence-corrected chi connectivity index (χ3v) is 7.53. The largest absolute Gasteiger partial charge is 0.344 e. The lowest BCUT2D eigenvalue weighted by Gasteiger charge is -2.34. The third-order valence-electron chi connectivity index (χ3n) is 7.20. The van der Waals surface area contributed by atoms with Gasteiger partial charge in [-0.2, -0.15) is 0 Å². The van der Waals surface area contributed by atoms with Crippen molar-refractivity contribution in [1.82, 2.24) is 10.3 Å². The fourth-order valence-electron chi connectivity index (χ4n) is 5.22. The number of para-hydroxylation sites is 2. The van der Waals surface area contributed by atoms with Crippen molar-refractivity contribution in [3.63, 3.8) is 0 Å². The topological polar surface area (TPSA) is 82.6 Å². The zero-order valence-electron chi connectivity index (χ0n) is 22.0. The predicted octanol–water partition coefficient (Wildman–Crippen LogP) is 6.38. The Kier molecular flexibility index (Phi) is 7.94. The van der Waals surface area contributed by atoms with Crippen LogP contribution in [-0.4, -0.2) is 22.7 Å². The summed E-state index contributed by atoms with van der Waals surface area (Å²) in [5, 5.41) is 6.18. The molecule has 3 aromatic carbocycles. The van der Waals surface area contributed by atoms with E-state index in [0.29, 0.717) is 23.4 Å². The van der Waals surface area contributed by atoms with Crippen LogP contribution in [0.1, 0.15) is 48.1 Å². The first-order valence-corrected chi connectivity index (χ1v) is 13.6. The minimum absolute atomic E-state index is 0.226. The van der Waals surface area contributed by atoms with Crippen LogP contribution in [0.2, 0.25) is 5.02 Å². The molecule has 8 heteroatoms. The highest BCUT2D eigenvalue weighted by molar-refractivity contribution is 6.34. The third kappa shape index (κ3) is 4.84. The highest BCUT2D eigenvalue weighted by atomic mass is 35.5. The van der Waals surface area contributed by atoms with Crippen LogP contribution in [0, 0.1) is 5.41 Å². The van der Waals surface area contributed by atoms with E-state index in [1.165, 1.54) is 10.0 Å². The molecule has 7 nitrogen and oxygen atoms in total. The number of carbonyl (C=O) groups excluding carboxylic acids is 3. The molecule has 40 heavy (non-hydrogen) atoms. The molecule has 0 saturated carbocycles. The minimum atomic E-state index is -1.64. The van der Waals surface area contributed by atoms with E-state index < -0.39 is 29.2 Å². The van der Waals surface area contributed by atoms with Crippen molar-refractivity contribution < 1.29 is 14.4 Å². The van der Waals surface area contributed by atoms with Crippen molar-refractivity contribution in [2.45, 2.75) is 32.2 Å². The Bertz CT molecular complexity index is 1440. The summed E-state index contributed by atoms with van der Waals surface area (Å²) in [7, 11) is 0. The summed E-state index contributed by atoms with van der Waals surface area (Å²) in [6, 6.07) is 27.3. The normalized spacial score (nSPS) is 15.2. The molecule has 1 N–H and O–H groups in total. The predicted molar refractivity (Wildman–Crippen MR) is 156 cm³/mol. The number of hydrogen-bond donors (Lipinski definition) is 1. The molecule has 202 valence electrons. The maximum Gasteiger partial charge on any atom is 0.264 e. The second kappa shape index (κ2) is 11.7. The van der Waals surface area contributed by atoms with Gasteiger partial charge in [0.2, 0.25) is 0 Å². The Morgan fingerprint density at radius 1 is 0.825 bits per heavy atom. The van der Waals surface area contributed by atoms with Crippen molar-refractivity contribution in [3.8, 4) is 0 Å². The van der Waals surface area contributed by atoms with Crippen LogP contribution < -0.4 is 15.3 Å². The second-order valence-electron chi connectivity index (χ2n) is 9.65. The van der Waals surface area contributed by atoms with Gasteiger partial charge in [0.1, 0.15) is 0 Å². The number of anilines is 2. The van der Waals surface area contributed by atoms with Crippen molar-refractivity contribution in [2.24, 2.45) is 5.41 Å². The number of nitrogens with one attached hydrogen (secondary N) is 1. The summed E-state index contributed by atoms with van der Waals surface area (Å²) in [5.74, 6) is -1.31. The first-order chi connectivity index (χ1) is 19.5. The molecular formula is C32H29ClN4O3. The highest BCUT2D eigenvalue weighted by Gasteiger charge is 2.63. The van der Waals surface area contributed by atoms with Crippen LogP contribution in [0.5, 0.6) is 0 Å². The monoisotopic (exact) mass is 552 g/mol. The molecule has 0 spiro atoms. The maximum absolute atomic E-state index is 14.8. The Morgan fingerprint density at radius 3 is 1.88 bits per heavy atom. The molecule has 1 saturated heterocycles. The van der Waals surface area contributed by atoms with Crippen molar-refractivity contribution in [3.05, 3.63) is 126 Å². The van der Waals surface area contributed by atoms with Gasteiger partial charge in [-0.15, -0.1) is 0 Å². The molecule has 1 aliphatic heterocycles. The molecule has 1 aromatic heterocycles. The van der Waals surface area contributed by atoms with Gasteiger partial charge in [-0.1, -0.05) is 79.9 Å². The molecule has 0 aliphatic carbocycles. The quantitative estimate of drug-likeness (QED) is 0.244. The van der Waals surface area contributed by atoms with E-state index in [4.69, 9.17) is 11.6 Å². The maximum atomic E-state index is 14.8. The van der Waals surface area contributed by atoms with Gasteiger partial charge in [-0.3, -0.25) is 19.4 Å². The number of unbranched alkanes of at least 4 members (excludes halogenated alkanes) is 1. The summed E-state index contributed by atoms with van der Waals surface area (Å²) in [6.07, 6.45) is 4.74. The molecule has 1 fully saturated rings. The van der Waals surface area contributed by atoms with Gasteiger partial charge >= 0.3 is 0 Å². The van der Waals surface area contributed by atoms with E-state index >= 15 is 0 Å². The SMILES string of the molecule is CCCCC1([C@H](NC(=O)c2ccccc2Cl)c2ccncc2)C(=O)N(c2ccccc2)N(c2ccccc2)C1=O. The summed E-state index contributed by atoms with van der Waals surface area (Å²) < 4.78 is 0. The molecule has 0 unspecified atom stereocenters. The Hall–Kier alpha value is -4.49. The second-order valence-corrected chi connectivity index (χ2v) is 10.1. The number of nitrogens with zero attached hydrogens (tertiary/aromatic N) is 3. The summed E-state index contributed by atoms with van der Waals surface area (Å²) in [6.45, 7) is 2.01. The molecule has 3 amide bonds. The van der Waals surface area contributed by atoms with E-state index in [1.54, 1.807) is 73.1 Å². The van der Waals surface area contributed by atoms with Crippen LogP contribution in [0.15, 0.2) is 109 Å². The van der Waals surface area contributed by atoms with Gasteiger partial charge in [0.15, 0.2) is 5.41 Å². The van der Waals surface area contributed by atoms with Crippen molar-refractivity contribution in [1.29, 1.82) is 0 Å². The number of hydrazine groups is 1. The number of rotatable bonds is 9. The van der Waals surface area contributed by atoms with Gasteiger partial charge in [-0.25, -0.2) is 10.0 Å². The molecule has 0 bridgehead atoms. The van der Waals surface area contributed by atoms with Crippen LogP contribution in [0.3, 0.4) is 0 Å². The minimum Gasteiger partial charge on any atom is -0.344 e. The van der Waals surface area contributed by atoms with E-state index in [1.807, 2.05) is 43.3 Å². The van der Waals surface area contributed by atoms with E-state index in [-0.39, 0.29) is 17.0 Å². The van der Waals surface area contributed by atoms with Gasteiger partial charge in [0.05, 0.1) is 28.0 Å². The number of halogens is 1. The fraction of sp³-hybridized carbons (Fsp3) is 0.188. The highest BCUT2D eigenvalue weighted by Crippen LogP contribution is 2.49. The van der Waals surface area contributed by atoms with Crippen molar-refractivity contribution >= 4 is 40.7 Å². The standard InChI is InChI=1S/C32H29ClN4O3/c1-2-3-20-32(28(23-18-21-34-22-19-23)35-29(38)26-16-10-11-17-27(26)33)30(39)36(24-12-6-4-7-13-24)37(31(32)40)25-14-8-5-9-15-25/h4-19,21-22,28H,2-3,20H2,1H3,(H,35,38)/t28-/m1/s1. The zero-order chi connectivity index (χ0) is 28.1. The first-order valence-electron chi connectivity index (χ1n) is 13.2. The number of hydrogen-bond acceptors (Lipinski definition) is 4. The van der Waals surface area contributed by atoms with Gasteiger partial charge in [0.25, 0.3) is 17.7 Å². The smallest absolute Gasteiger partial charge is 0.264 e. The number of carbonyl (C=O) groups is 3. The van der Waals surface area contributed by atoms with Crippen molar-refractivity contribution in [2.75, 3.05) is 10.0 Å². The average Bonchev–Trinajstić information content (AvgIpc) is 3.22. The van der Waals surface area contributed by atoms with Crippen LogP contribution in [0.25, 0.3) is 0 Å². The molecule has 2 heterocycles. The lowest BCUT2D eigenvalue weighted by Crippen LogP contribution is -2.49. The molecule has 1 atom stereocenters. The Labute approximate surface area is 238 Å². The molecule has 1 aliphatic rings. The first kappa shape index (κ1) is 27.1. The Morgan fingerprint density at radius 2 is 1.35 bits per heavy atom. The van der Waals surface area contributed by atoms with E-state index in [9.17, 15) is 14.4 Å². The van der Waals surface area contributed by atoms with E-state index in [0.717, 1.165) is 6.42 Å². The average molecular weight is 553 g/mol. The number of benzene rings is 3. The zero-order valence-corrected chi connectivity index (χ0v) is 22.8. The van der Waals surface area contributed by atoms with Crippen LogP contribution in [0.4, 0.5) is 11.4 Å². The molecule has 0 radical (unpaired) electrons.